The first kappa shape index (κ1) is 12.7. The first-order valence-electron chi connectivity index (χ1n) is 7.21. The summed E-state index contributed by atoms with van der Waals surface area (Å²) >= 11 is 2.01. The Morgan fingerprint density at radius 3 is 3.10 bits per heavy atom. The molecule has 4 rings (SSSR count). The van der Waals surface area contributed by atoms with E-state index in [0.29, 0.717) is 12.8 Å². The number of hydrogen-bond acceptors (Lipinski definition) is 5. The monoisotopic (exact) mass is 293 g/mol. The Balaban J connectivity index is 1.46. The zero-order valence-corrected chi connectivity index (χ0v) is 12.2. The van der Waals surface area contributed by atoms with Crippen LogP contribution in [0.5, 0.6) is 11.5 Å². The molecule has 1 N–H and O–H groups in total. The molecule has 0 aliphatic carbocycles. The Morgan fingerprint density at radius 1 is 1.25 bits per heavy atom. The molecule has 2 fully saturated rings. The summed E-state index contributed by atoms with van der Waals surface area (Å²) in [5.74, 6) is 4.06. The maximum Gasteiger partial charge on any atom is 0.231 e. The molecular weight excluding hydrogens is 274 g/mol. The quantitative estimate of drug-likeness (QED) is 0.908. The van der Waals surface area contributed by atoms with Gasteiger partial charge in [-0.3, -0.25) is 0 Å². The molecule has 1 aromatic carbocycles. The highest BCUT2D eigenvalue weighted by atomic mass is 32.2. The predicted octanol–water partition coefficient (Wildman–Crippen LogP) is 2.88. The first-order chi connectivity index (χ1) is 9.83. The molecule has 0 aromatic heterocycles. The van der Waals surface area contributed by atoms with E-state index >= 15 is 0 Å². The highest BCUT2D eigenvalue weighted by Gasteiger charge is 2.40. The lowest BCUT2D eigenvalue weighted by Crippen LogP contribution is -2.44. The van der Waals surface area contributed by atoms with Crippen molar-refractivity contribution < 1.29 is 14.2 Å². The van der Waals surface area contributed by atoms with E-state index in [2.05, 4.69) is 11.4 Å². The van der Waals surface area contributed by atoms with Crippen LogP contribution in [0.15, 0.2) is 18.2 Å². The first-order valence-corrected chi connectivity index (χ1v) is 8.36. The number of hydrogen-bond donors (Lipinski definition) is 1. The van der Waals surface area contributed by atoms with Gasteiger partial charge in [-0.1, -0.05) is 0 Å². The second-order valence-corrected chi connectivity index (χ2v) is 6.84. The minimum Gasteiger partial charge on any atom is -0.454 e. The van der Waals surface area contributed by atoms with Gasteiger partial charge in [0.2, 0.25) is 6.79 Å². The average molecular weight is 293 g/mol. The molecule has 3 aliphatic heterocycles. The molecule has 0 radical (unpaired) electrons. The number of fused-ring (bicyclic) bond motifs is 1. The van der Waals surface area contributed by atoms with Gasteiger partial charge in [0.05, 0.1) is 5.60 Å². The minimum absolute atomic E-state index is 0.122. The van der Waals surface area contributed by atoms with Crippen LogP contribution >= 0.6 is 11.8 Å². The SMILES string of the molecule is c1cc2c(cc1NC1CCOC3(CCSC3)C1)OCO2. The lowest BCUT2D eigenvalue weighted by Gasteiger charge is -2.38. The Labute approximate surface area is 123 Å². The normalized spacial score (nSPS) is 31.7. The molecule has 3 heterocycles. The van der Waals surface area contributed by atoms with Crippen LogP contribution in [0.25, 0.3) is 0 Å². The van der Waals surface area contributed by atoms with Crippen LogP contribution in [0.4, 0.5) is 5.69 Å². The zero-order chi connectivity index (χ0) is 13.4. The van der Waals surface area contributed by atoms with E-state index < -0.39 is 0 Å². The van der Waals surface area contributed by atoms with Crippen molar-refractivity contribution in [1.82, 2.24) is 0 Å². The Morgan fingerprint density at radius 2 is 2.20 bits per heavy atom. The molecule has 0 amide bonds. The van der Waals surface area contributed by atoms with Gasteiger partial charge in [0.15, 0.2) is 11.5 Å². The van der Waals surface area contributed by atoms with Gasteiger partial charge in [0, 0.05) is 30.2 Å². The maximum absolute atomic E-state index is 6.06. The smallest absolute Gasteiger partial charge is 0.231 e. The van der Waals surface area contributed by atoms with Crippen molar-refractivity contribution in [3.63, 3.8) is 0 Å². The fraction of sp³-hybridized carbons (Fsp3) is 0.600. The van der Waals surface area contributed by atoms with E-state index in [1.165, 1.54) is 12.2 Å². The van der Waals surface area contributed by atoms with E-state index in [1.54, 1.807) is 0 Å². The van der Waals surface area contributed by atoms with Crippen molar-refractivity contribution in [2.24, 2.45) is 0 Å². The average Bonchev–Trinajstić information content (AvgIpc) is 3.08. The highest BCUT2D eigenvalue weighted by Crippen LogP contribution is 2.40. The van der Waals surface area contributed by atoms with E-state index in [0.717, 1.165) is 42.4 Å². The lowest BCUT2D eigenvalue weighted by molar-refractivity contribution is -0.0628. The van der Waals surface area contributed by atoms with Crippen LogP contribution in [0.2, 0.25) is 0 Å². The van der Waals surface area contributed by atoms with Gasteiger partial charge in [-0.05, 0) is 37.1 Å². The van der Waals surface area contributed by atoms with Crippen molar-refractivity contribution in [1.29, 1.82) is 0 Å². The third-order valence-corrected chi connectivity index (χ3v) is 5.53. The second kappa shape index (κ2) is 5.04. The maximum atomic E-state index is 6.06. The summed E-state index contributed by atoms with van der Waals surface area (Å²) in [6, 6.07) is 6.57. The molecule has 0 saturated carbocycles. The summed E-state index contributed by atoms with van der Waals surface area (Å²) in [5, 5.41) is 3.64. The number of nitrogens with one attached hydrogen (secondary N) is 1. The molecule has 2 saturated heterocycles. The topological polar surface area (TPSA) is 39.7 Å². The zero-order valence-electron chi connectivity index (χ0n) is 11.4. The Kier molecular flexibility index (Phi) is 3.19. The highest BCUT2D eigenvalue weighted by molar-refractivity contribution is 7.99. The van der Waals surface area contributed by atoms with Crippen molar-refractivity contribution in [3.05, 3.63) is 18.2 Å². The van der Waals surface area contributed by atoms with Gasteiger partial charge < -0.3 is 19.5 Å². The summed E-state index contributed by atoms with van der Waals surface area (Å²) in [5.41, 5.74) is 1.23. The molecule has 2 unspecified atom stereocenters. The number of ether oxygens (including phenoxy) is 3. The van der Waals surface area contributed by atoms with Gasteiger partial charge in [-0.25, -0.2) is 0 Å². The Bertz CT molecular complexity index is 502. The minimum atomic E-state index is 0.122. The fourth-order valence-corrected chi connectivity index (χ4v) is 4.61. The molecule has 3 aliphatic rings. The molecule has 4 nitrogen and oxygen atoms in total. The van der Waals surface area contributed by atoms with Gasteiger partial charge in [0.1, 0.15) is 0 Å². The lowest BCUT2D eigenvalue weighted by atomic mass is 9.90. The van der Waals surface area contributed by atoms with Crippen LogP contribution in [0.1, 0.15) is 19.3 Å². The second-order valence-electron chi connectivity index (χ2n) is 5.74. The van der Waals surface area contributed by atoms with E-state index in [-0.39, 0.29) is 5.60 Å². The van der Waals surface area contributed by atoms with E-state index in [4.69, 9.17) is 14.2 Å². The summed E-state index contributed by atoms with van der Waals surface area (Å²) in [7, 11) is 0. The van der Waals surface area contributed by atoms with Gasteiger partial charge in [-0.15, -0.1) is 0 Å². The summed E-state index contributed by atoms with van der Waals surface area (Å²) in [4.78, 5) is 0. The molecular formula is C15H19NO3S. The van der Waals surface area contributed by atoms with Crippen LogP contribution in [-0.2, 0) is 4.74 Å². The molecule has 108 valence electrons. The fourth-order valence-electron chi connectivity index (χ4n) is 3.24. The third kappa shape index (κ3) is 2.33. The van der Waals surface area contributed by atoms with Gasteiger partial charge in [0.25, 0.3) is 0 Å². The van der Waals surface area contributed by atoms with E-state index in [9.17, 15) is 0 Å². The number of thioether (sulfide) groups is 1. The summed E-state index contributed by atoms with van der Waals surface area (Å²) in [6.45, 7) is 1.19. The third-order valence-electron chi connectivity index (χ3n) is 4.30. The van der Waals surface area contributed by atoms with Gasteiger partial charge >= 0.3 is 0 Å². The molecule has 1 spiro atoms. The molecule has 5 heteroatoms. The van der Waals surface area contributed by atoms with E-state index in [1.807, 2.05) is 23.9 Å². The van der Waals surface area contributed by atoms with Crippen LogP contribution < -0.4 is 14.8 Å². The van der Waals surface area contributed by atoms with Crippen molar-refractivity contribution in [3.8, 4) is 11.5 Å². The van der Waals surface area contributed by atoms with Crippen molar-refractivity contribution in [2.45, 2.75) is 30.9 Å². The molecule has 0 bridgehead atoms. The van der Waals surface area contributed by atoms with Crippen LogP contribution in [-0.4, -0.2) is 36.5 Å². The Hall–Kier alpha value is -1.07. The van der Waals surface area contributed by atoms with Crippen molar-refractivity contribution in [2.75, 3.05) is 30.2 Å². The predicted molar refractivity (Wildman–Crippen MR) is 79.8 cm³/mol. The largest absolute Gasteiger partial charge is 0.454 e. The number of rotatable bonds is 2. The number of anilines is 1. The standard InChI is InChI=1S/C15H19NO3S/c1-2-13-14(18-10-17-13)7-11(1)16-12-3-5-19-15(8-12)4-6-20-9-15/h1-2,7,12,16H,3-6,8-10H2. The number of benzene rings is 1. The van der Waals surface area contributed by atoms with Gasteiger partial charge in [-0.2, -0.15) is 11.8 Å². The summed E-state index contributed by atoms with van der Waals surface area (Å²) in [6.07, 6.45) is 3.37. The van der Waals surface area contributed by atoms with Crippen molar-refractivity contribution >= 4 is 17.4 Å². The molecule has 1 aromatic rings. The van der Waals surface area contributed by atoms with Crippen LogP contribution in [0.3, 0.4) is 0 Å². The van der Waals surface area contributed by atoms with Crippen LogP contribution in [0, 0.1) is 0 Å². The summed E-state index contributed by atoms with van der Waals surface area (Å²) < 4.78 is 16.8. The molecule has 20 heavy (non-hydrogen) atoms. The molecule has 2 atom stereocenters.